The number of rotatable bonds is 4. The minimum atomic E-state index is -4.60. The van der Waals surface area contributed by atoms with Gasteiger partial charge < -0.3 is 0 Å². The number of allylic oxidation sites excluding steroid dienone is 1. The van der Waals surface area contributed by atoms with Gasteiger partial charge in [0.2, 0.25) is 15.5 Å². The van der Waals surface area contributed by atoms with E-state index in [1.807, 2.05) is 31.9 Å². The number of hydrogen-bond acceptors (Lipinski definition) is 0. The standard InChI is InChI=1S/C6H3Br2F7/c7-6(8,15)1-5(13,14)3(10)2(9)4(11)12/h3H,1H2. The van der Waals surface area contributed by atoms with Crippen LogP contribution in [0, 0.1) is 0 Å². The maximum Gasteiger partial charge on any atom is 0.304 e. The predicted molar refractivity (Wildman–Crippen MR) is 46.5 cm³/mol. The molecule has 0 nitrogen and oxygen atoms in total. The summed E-state index contributed by atoms with van der Waals surface area (Å²) in [5, 5.41) is 0. The highest BCUT2D eigenvalue weighted by Gasteiger charge is 2.50. The molecule has 0 aromatic rings. The smallest absolute Gasteiger partial charge is 0.233 e. The molecule has 0 aliphatic rings. The highest BCUT2D eigenvalue weighted by atomic mass is 79.9. The van der Waals surface area contributed by atoms with Crippen molar-refractivity contribution in [2.24, 2.45) is 0 Å². The minimum absolute atomic E-state index is 1.85. The Bertz CT molecular complexity index is 253. The summed E-state index contributed by atoms with van der Waals surface area (Å²) in [5.41, 5.74) is 0. The molecule has 0 heterocycles. The fourth-order valence-electron chi connectivity index (χ4n) is 0.638. The molecule has 0 spiro atoms. The molecule has 0 N–H and O–H groups in total. The lowest BCUT2D eigenvalue weighted by Gasteiger charge is -2.22. The topological polar surface area (TPSA) is 0 Å². The summed E-state index contributed by atoms with van der Waals surface area (Å²) in [7, 11) is 0. The van der Waals surface area contributed by atoms with Crippen molar-refractivity contribution in [3.63, 3.8) is 0 Å². The lowest BCUT2D eigenvalue weighted by atomic mass is 10.1. The highest BCUT2D eigenvalue weighted by Crippen LogP contribution is 2.43. The van der Waals surface area contributed by atoms with Gasteiger partial charge in [0.25, 0.3) is 5.92 Å². The van der Waals surface area contributed by atoms with Gasteiger partial charge in [-0.3, -0.25) is 0 Å². The van der Waals surface area contributed by atoms with E-state index < -0.39 is 33.9 Å². The van der Waals surface area contributed by atoms with Crippen LogP contribution >= 0.6 is 31.9 Å². The molecule has 0 amide bonds. The monoisotopic (exact) mass is 366 g/mol. The van der Waals surface area contributed by atoms with Crippen LogP contribution in [0.5, 0.6) is 0 Å². The molecule has 0 radical (unpaired) electrons. The number of halogens is 9. The average molecular weight is 368 g/mol. The van der Waals surface area contributed by atoms with Gasteiger partial charge in [-0.05, 0) is 31.9 Å². The zero-order chi connectivity index (χ0) is 12.4. The second kappa shape index (κ2) is 5.03. The fraction of sp³-hybridized carbons (Fsp3) is 0.667. The lowest BCUT2D eigenvalue weighted by Crippen LogP contribution is -2.35. The van der Waals surface area contributed by atoms with Crippen LogP contribution in [0.4, 0.5) is 30.7 Å². The first kappa shape index (κ1) is 15.2. The van der Waals surface area contributed by atoms with E-state index in [1.54, 1.807) is 0 Å². The van der Waals surface area contributed by atoms with Crippen molar-refractivity contribution in [1.29, 1.82) is 0 Å². The van der Waals surface area contributed by atoms with Crippen LogP contribution in [0.15, 0.2) is 11.9 Å². The van der Waals surface area contributed by atoms with Crippen LogP contribution in [0.25, 0.3) is 0 Å². The molecule has 90 valence electrons. The van der Waals surface area contributed by atoms with Crippen molar-refractivity contribution >= 4 is 31.9 Å². The van der Waals surface area contributed by atoms with Crippen molar-refractivity contribution in [3.8, 4) is 0 Å². The Kier molecular flexibility index (Phi) is 5.10. The summed E-state index contributed by atoms with van der Waals surface area (Å²) in [4.78, 5) is 0. The third-order valence-electron chi connectivity index (χ3n) is 1.21. The maximum absolute atomic E-state index is 12.6. The van der Waals surface area contributed by atoms with E-state index in [1.165, 1.54) is 0 Å². The van der Waals surface area contributed by atoms with Gasteiger partial charge in [0, 0.05) is 0 Å². The molecule has 0 saturated heterocycles. The van der Waals surface area contributed by atoms with Gasteiger partial charge in [0.05, 0.1) is 6.42 Å². The fourth-order valence-corrected chi connectivity index (χ4v) is 1.39. The summed E-state index contributed by atoms with van der Waals surface area (Å²) in [6.07, 6.45) is -8.93. The zero-order valence-corrected chi connectivity index (χ0v) is 9.86. The third-order valence-corrected chi connectivity index (χ3v) is 1.77. The Balaban J connectivity index is 4.82. The molecule has 15 heavy (non-hydrogen) atoms. The van der Waals surface area contributed by atoms with Gasteiger partial charge in [-0.2, -0.15) is 8.78 Å². The second-order valence-electron chi connectivity index (χ2n) is 2.52. The molecule has 0 aliphatic carbocycles. The SMILES string of the molecule is FC(F)=C(F)C(F)C(F)(F)CC(F)(Br)Br. The van der Waals surface area contributed by atoms with Crippen molar-refractivity contribution in [2.45, 2.75) is 22.0 Å². The van der Waals surface area contributed by atoms with Crippen LogP contribution < -0.4 is 0 Å². The first-order valence-electron chi connectivity index (χ1n) is 3.26. The van der Waals surface area contributed by atoms with E-state index in [4.69, 9.17) is 0 Å². The minimum Gasteiger partial charge on any atom is -0.233 e. The van der Waals surface area contributed by atoms with Gasteiger partial charge in [-0.1, -0.05) is 0 Å². The first-order valence-corrected chi connectivity index (χ1v) is 4.85. The molecular formula is C6H3Br2F7. The quantitative estimate of drug-likeness (QED) is 0.492. The molecule has 0 saturated carbocycles. The van der Waals surface area contributed by atoms with Crippen LogP contribution in [0.3, 0.4) is 0 Å². The number of hydrogen-bond donors (Lipinski definition) is 0. The molecule has 0 bridgehead atoms. The summed E-state index contributed by atoms with van der Waals surface area (Å²) in [6, 6.07) is 0. The van der Waals surface area contributed by atoms with E-state index in [0.717, 1.165) is 0 Å². The normalized spacial score (nSPS) is 15.0. The summed E-state index contributed by atoms with van der Waals surface area (Å²) < 4.78 is 82.5. The molecular weight excluding hydrogens is 365 g/mol. The Hall–Kier alpha value is 0.210. The van der Waals surface area contributed by atoms with Crippen LogP contribution in [-0.4, -0.2) is 15.6 Å². The van der Waals surface area contributed by atoms with Crippen LogP contribution in [-0.2, 0) is 0 Å². The molecule has 0 rings (SSSR count). The highest BCUT2D eigenvalue weighted by molar-refractivity contribution is 9.25. The molecule has 0 aromatic heterocycles. The maximum atomic E-state index is 12.6. The first-order chi connectivity index (χ1) is 6.47. The van der Waals surface area contributed by atoms with Gasteiger partial charge >= 0.3 is 6.08 Å². The Labute approximate surface area is 96.8 Å². The van der Waals surface area contributed by atoms with Gasteiger partial charge in [-0.25, -0.2) is 22.0 Å². The van der Waals surface area contributed by atoms with E-state index in [-0.39, 0.29) is 0 Å². The van der Waals surface area contributed by atoms with E-state index in [9.17, 15) is 30.7 Å². The average Bonchev–Trinajstić information content (AvgIpc) is 1.96. The third kappa shape index (κ3) is 5.19. The molecule has 0 aromatic carbocycles. The summed E-state index contributed by atoms with van der Waals surface area (Å²) in [6.45, 7) is 0. The van der Waals surface area contributed by atoms with Gasteiger partial charge in [0.15, 0.2) is 0 Å². The summed E-state index contributed by atoms with van der Waals surface area (Å²) in [5.74, 6) is -7.50. The molecule has 1 unspecified atom stereocenters. The predicted octanol–water partition coefficient (Wildman–Crippen LogP) is 4.84. The number of alkyl halides is 6. The van der Waals surface area contributed by atoms with Crippen LogP contribution in [0.2, 0.25) is 0 Å². The van der Waals surface area contributed by atoms with Crippen LogP contribution in [0.1, 0.15) is 6.42 Å². The second-order valence-corrected chi connectivity index (χ2v) is 6.10. The Morgan fingerprint density at radius 1 is 1.07 bits per heavy atom. The summed E-state index contributed by atoms with van der Waals surface area (Å²) >= 11 is 4.09. The van der Waals surface area contributed by atoms with Crippen molar-refractivity contribution in [2.75, 3.05) is 0 Å². The van der Waals surface area contributed by atoms with Crippen molar-refractivity contribution in [3.05, 3.63) is 11.9 Å². The van der Waals surface area contributed by atoms with E-state index in [2.05, 4.69) is 0 Å². The van der Waals surface area contributed by atoms with Gasteiger partial charge in [-0.15, -0.1) is 0 Å². The van der Waals surface area contributed by atoms with Crippen molar-refractivity contribution < 1.29 is 30.7 Å². The largest absolute Gasteiger partial charge is 0.304 e. The molecule has 0 aliphatic heterocycles. The lowest BCUT2D eigenvalue weighted by molar-refractivity contribution is -0.0808. The molecule has 1 atom stereocenters. The Morgan fingerprint density at radius 2 is 1.47 bits per heavy atom. The Morgan fingerprint density at radius 3 is 1.73 bits per heavy atom. The van der Waals surface area contributed by atoms with E-state index >= 15 is 0 Å². The van der Waals surface area contributed by atoms with E-state index in [0.29, 0.717) is 0 Å². The molecule has 9 heteroatoms. The van der Waals surface area contributed by atoms with Gasteiger partial charge in [0.1, 0.15) is 0 Å². The zero-order valence-electron chi connectivity index (χ0n) is 6.69. The van der Waals surface area contributed by atoms with Crippen molar-refractivity contribution in [1.82, 2.24) is 0 Å². The molecule has 0 fully saturated rings.